The van der Waals surface area contributed by atoms with Crippen molar-refractivity contribution in [3.05, 3.63) is 70.3 Å². The molecule has 302 valence electrons. The molecule has 55 heavy (non-hydrogen) atoms. The smallest absolute Gasteiger partial charge is 0.264 e. The molecule has 10 nitrogen and oxygen atoms in total. The van der Waals surface area contributed by atoms with Crippen molar-refractivity contribution < 1.29 is 27.4 Å². The monoisotopic (exact) mass is 796 g/mol. The van der Waals surface area contributed by atoms with E-state index in [1.165, 1.54) is 11.1 Å². The number of hydrogen-bond donors (Lipinski definition) is 1. The summed E-state index contributed by atoms with van der Waals surface area (Å²) in [6, 6.07) is 11.7. The van der Waals surface area contributed by atoms with Crippen LogP contribution in [0.5, 0.6) is 5.75 Å². The number of carbonyl (C=O) groups excluding carboxylic acids is 1. The second kappa shape index (κ2) is 15.9. The molecule has 1 amide bonds. The first-order valence-corrected chi connectivity index (χ1v) is 22.2. The zero-order valence-electron chi connectivity index (χ0n) is 33.6. The van der Waals surface area contributed by atoms with Gasteiger partial charge in [0.05, 0.1) is 24.2 Å². The minimum atomic E-state index is -3.97. The van der Waals surface area contributed by atoms with Crippen molar-refractivity contribution in [2.45, 2.75) is 88.0 Å². The summed E-state index contributed by atoms with van der Waals surface area (Å²) in [5.41, 5.74) is 2.81. The number of fused-ring (bicyclic) bond motifs is 4. The Morgan fingerprint density at radius 2 is 1.84 bits per heavy atom. The average Bonchev–Trinajstić information content (AvgIpc) is 3.29. The minimum absolute atomic E-state index is 0.0388. The van der Waals surface area contributed by atoms with E-state index in [1.807, 2.05) is 32.2 Å². The van der Waals surface area contributed by atoms with Gasteiger partial charge in [-0.2, -0.15) is 0 Å². The molecule has 12 heteroatoms. The lowest BCUT2D eigenvalue weighted by Crippen LogP contribution is -2.61. The molecule has 2 bridgehead atoms. The number of hydrogen-bond acceptors (Lipinski definition) is 9. The number of nitrogens with one attached hydrogen (secondary N) is 1. The molecule has 0 radical (unpaired) electrons. The third-order valence-electron chi connectivity index (χ3n) is 13.8. The second-order valence-electron chi connectivity index (χ2n) is 17.7. The third kappa shape index (κ3) is 8.08. The SMILES string of the molecule is COCC(C)(C)N1CCN(C[C@]2(OC)/C=C\C[C@H](C)[C@@H](C)S(=O)(=O)NC(=O)c3ccc4c(c3)N(C[C@@H]3CC[C@H]32)C[C@@]2(CCCc3cc(Cl)ccc32)CO4)CC1. The maximum Gasteiger partial charge on any atom is 0.264 e. The fourth-order valence-corrected chi connectivity index (χ4v) is 11.6. The summed E-state index contributed by atoms with van der Waals surface area (Å²) in [7, 11) is -0.347. The van der Waals surface area contributed by atoms with Gasteiger partial charge in [0, 0.05) is 81.6 Å². The van der Waals surface area contributed by atoms with Crippen LogP contribution in [0, 0.1) is 17.8 Å². The first kappa shape index (κ1) is 40.5. The molecule has 3 aliphatic heterocycles. The van der Waals surface area contributed by atoms with Gasteiger partial charge < -0.3 is 19.1 Å². The van der Waals surface area contributed by atoms with Crippen LogP contribution in [-0.2, 0) is 31.3 Å². The van der Waals surface area contributed by atoms with E-state index in [0.717, 1.165) is 82.1 Å². The van der Waals surface area contributed by atoms with Crippen LogP contribution < -0.4 is 14.4 Å². The zero-order chi connectivity index (χ0) is 39.2. The molecule has 1 saturated carbocycles. The summed E-state index contributed by atoms with van der Waals surface area (Å²) >= 11 is 6.51. The molecule has 1 saturated heterocycles. The molecule has 6 atom stereocenters. The Kier molecular flexibility index (Phi) is 11.7. The summed E-state index contributed by atoms with van der Waals surface area (Å²) < 4.78 is 48.7. The number of benzene rings is 2. The number of ether oxygens (including phenoxy) is 3. The van der Waals surface area contributed by atoms with Crippen LogP contribution in [0.25, 0.3) is 0 Å². The maximum atomic E-state index is 13.7. The Labute approximate surface area is 333 Å². The lowest BCUT2D eigenvalue weighted by Gasteiger charge is -2.53. The van der Waals surface area contributed by atoms with E-state index in [9.17, 15) is 13.2 Å². The van der Waals surface area contributed by atoms with E-state index >= 15 is 0 Å². The molecule has 2 fully saturated rings. The summed E-state index contributed by atoms with van der Waals surface area (Å²) in [5.74, 6) is 0.432. The fourth-order valence-electron chi connectivity index (χ4n) is 10.1. The van der Waals surface area contributed by atoms with Crippen LogP contribution in [0.15, 0.2) is 48.6 Å². The van der Waals surface area contributed by atoms with Gasteiger partial charge in [-0.25, -0.2) is 13.1 Å². The van der Waals surface area contributed by atoms with E-state index in [0.29, 0.717) is 43.4 Å². The molecule has 0 aromatic heterocycles. The lowest BCUT2D eigenvalue weighted by molar-refractivity contribution is -0.0992. The average molecular weight is 798 g/mol. The number of amides is 1. The summed E-state index contributed by atoms with van der Waals surface area (Å²) in [4.78, 5) is 21.2. The number of allylic oxidation sites excluding steroid dienone is 1. The normalized spacial score (nSPS) is 32.3. The number of anilines is 1. The Balaban J connectivity index is 1.26. The molecule has 1 spiro atoms. The molecule has 2 aliphatic carbocycles. The van der Waals surface area contributed by atoms with Gasteiger partial charge in [-0.05, 0) is 119 Å². The number of aryl methyl sites for hydroxylation is 1. The van der Waals surface area contributed by atoms with Crippen molar-refractivity contribution in [3.63, 3.8) is 0 Å². The Morgan fingerprint density at radius 3 is 2.55 bits per heavy atom. The summed E-state index contributed by atoms with van der Waals surface area (Å²) in [6.07, 6.45) is 10.0. The number of rotatable bonds is 6. The number of sulfonamides is 1. The van der Waals surface area contributed by atoms with Gasteiger partial charge in [-0.1, -0.05) is 36.7 Å². The molecule has 7 rings (SSSR count). The zero-order valence-corrected chi connectivity index (χ0v) is 35.2. The molecular weight excluding hydrogens is 736 g/mol. The highest BCUT2D eigenvalue weighted by Crippen LogP contribution is 2.49. The van der Waals surface area contributed by atoms with Gasteiger partial charge in [0.15, 0.2) is 0 Å². The standard InChI is InChI=1S/C43H61ClN4O6S/c1-30-9-7-18-43(53-6,27-46-19-21-48(22-20-46)41(3,4)28-52-5)37-14-11-34(37)25-47-26-42(17-8-10-32-23-35(44)13-15-36(32)42)29-54-39-16-12-33(24-38(39)47)40(49)45-55(50,51)31(30)2/h7,12-13,15-16,18,23-24,30-31,34,37H,8-11,14,17,19-22,25-29H2,1-6H3,(H,45,49)/b18-7-/t30-,31+,34-,37+,42-,43+/m0/s1. The van der Waals surface area contributed by atoms with Crippen molar-refractivity contribution in [3.8, 4) is 5.75 Å². The van der Waals surface area contributed by atoms with E-state index in [1.54, 1.807) is 20.1 Å². The lowest BCUT2D eigenvalue weighted by atomic mass is 9.63. The highest BCUT2D eigenvalue weighted by atomic mass is 35.5. The molecule has 0 unspecified atom stereocenters. The molecule has 2 aromatic rings. The van der Waals surface area contributed by atoms with Gasteiger partial charge >= 0.3 is 0 Å². The van der Waals surface area contributed by atoms with Gasteiger partial charge in [-0.15, -0.1) is 0 Å². The Morgan fingerprint density at radius 1 is 1.05 bits per heavy atom. The van der Waals surface area contributed by atoms with Crippen LogP contribution in [0.3, 0.4) is 0 Å². The number of nitrogens with zero attached hydrogens (tertiary/aromatic N) is 3. The molecule has 1 N–H and O–H groups in total. The molecule has 5 aliphatic rings. The van der Waals surface area contributed by atoms with Gasteiger partial charge in [-0.3, -0.25) is 14.6 Å². The van der Waals surface area contributed by atoms with Gasteiger partial charge in [0.25, 0.3) is 5.91 Å². The van der Waals surface area contributed by atoms with Crippen molar-refractivity contribution in [1.29, 1.82) is 0 Å². The van der Waals surface area contributed by atoms with Crippen LogP contribution in [0.1, 0.15) is 81.3 Å². The largest absolute Gasteiger partial charge is 0.490 e. The van der Waals surface area contributed by atoms with Crippen molar-refractivity contribution in [1.82, 2.24) is 14.5 Å². The first-order chi connectivity index (χ1) is 26.2. The van der Waals surface area contributed by atoms with Crippen LogP contribution in [-0.4, -0.2) is 114 Å². The van der Waals surface area contributed by atoms with Crippen LogP contribution in [0.2, 0.25) is 5.02 Å². The number of piperazine rings is 1. The number of carbonyl (C=O) groups is 1. The van der Waals surface area contributed by atoms with E-state index < -0.39 is 26.8 Å². The predicted octanol–water partition coefficient (Wildman–Crippen LogP) is 6.31. The van der Waals surface area contributed by atoms with Crippen molar-refractivity contribution in [2.75, 3.05) is 78.1 Å². The van der Waals surface area contributed by atoms with E-state index in [2.05, 4.69) is 57.6 Å². The van der Waals surface area contributed by atoms with Gasteiger partial charge in [0.2, 0.25) is 10.0 Å². The van der Waals surface area contributed by atoms with Crippen LogP contribution >= 0.6 is 11.6 Å². The number of methoxy groups -OCH3 is 2. The first-order valence-electron chi connectivity index (χ1n) is 20.2. The highest BCUT2D eigenvalue weighted by Gasteiger charge is 2.50. The van der Waals surface area contributed by atoms with Gasteiger partial charge in [0.1, 0.15) is 11.4 Å². The molecule has 2 aromatic carbocycles. The van der Waals surface area contributed by atoms with Crippen LogP contribution in [0.4, 0.5) is 5.69 Å². The maximum absolute atomic E-state index is 13.7. The van der Waals surface area contributed by atoms with Crippen molar-refractivity contribution >= 4 is 33.2 Å². The topological polar surface area (TPSA) is 101 Å². The Bertz CT molecular complexity index is 1860. The third-order valence-corrected chi connectivity index (χ3v) is 16.0. The molecular formula is C43H61ClN4O6S. The number of halogens is 1. The van der Waals surface area contributed by atoms with E-state index in [4.69, 9.17) is 25.8 Å². The summed E-state index contributed by atoms with van der Waals surface area (Å²) in [5, 5.41) is -0.0411. The van der Waals surface area contributed by atoms with E-state index in [-0.39, 0.29) is 22.8 Å². The molecule has 3 heterocycles. The summed E-state index contributed by atoms with van der Waals surface area (Å²) in [6.45, 7) is 15.3. The second-order valence-corrected chi connectivity index (χ2v) is 20.2. The predicted molar refractivity (Wildman–Crippen MR) is 219 cm³/mol. The highest BCUT2D eigenvalue weighted by molar-refractivity contribution is 7.90. The quantitative estimate of drug-likeness (QED) is 0.338. The Hall–Kier alpha value is -2.67. The van der Waals surface area contributed by atoms with Crippen molar-refractivity contribution in [2.24, 2.45) is 17.8 Å². The minimum Gasteiger partial charge on any atom is -0.490 e. The fraction of sp³-hybridized carbons (Fsp3) is 0.651.